The number of thioether (sulfide) groups is 1. The van der Waals surface area contributed by atoms with Crippen LogP contribution in [0, 0.1) is 0 Å². The standard InChI is InChI=1S/C13H15F6N3O3S2/c1-26-3-2-10(11(23)21-20)22-27(24,25)9-5-7(12(14,15)16)4-8(6-9)13(17,18)19/h4-6,10,22H,2-3,20H2,1H3,(H,21,23). The molecule has 4 N–H and O–H groups in total. The van der Waals surface area contributed by atoms with E-state index in [4.69, 9.17) is 5.84 Å². The highest BCUT2D eigenvalue weighted by Crippen LogP contribution is 2.37. The van der Waals surface area contributed by atoms with E-state index in [1.807, 2.05) is 0 Å². The van der Waals surface area contributed by atoms with Crippen LogP contribution >= 0.6 is 11.8 Å². The Labute approximate surface area is 154 Å². The molecule has 0 saturated carbocycles. The van der Waals surface area contributed by atoms with Crippen molar-refractivity contribution in [1.82, 2.24) is 10.1 Å². The summed E-state index contributed by atoms with van der Waals surface area (Å²) < 4.78 is 104. The number of rotatable bonds is 7. The van der Waals surface area contributed by atoms with Gasteiger partial charge in [-0.2, -0.15) is 42.8 Å². The number of amides is 1. The highest BCUT2D eigenvalue weighted by Gasteiger charge is 2.38. The van der Waals surface area contributed by atoms with Crippen LogP contribution in [0.3, 0.4) is 0 Å². The second-order valence-electron chi connectivity index (χ2n) is 5.21. The molecule has 1 amide bonds. The molecule has 1 aromatic rings. The highest BCUT2D eigenvalue weighted by atomic mass is 32.2. The fraction of sp³-hybridized carbons (Fsp3) is 0.462. The number of alkyl halides is 6. The van der Waals surface area contributed by atoms with E-state index in [0.29, 0.717) is 0 Å². The lowest BCUT2D eigenvalue weighted by molar-refractivity contribution is -0.143. The largest absolute Gasteiger partial charge is 0.416 e. The number of sulfonamides is 1. The van der Waals surface area contributed by atoms with Gasteiger partial charge in [0.25, 0.3) is 5.91 Å². The Morgan fingerprint density at radius 3 is 1.96 bits per heavy atom. The van der Waals surface area contributed by atoms with Crippen LogP contribution in [0.2, 0.25) is 0 Å². The Hall–Kier alpha value is -1.51. The first kappa shape index (κ1) is 23.5. The van der Waals surface area contributed by atoms with Gasteiger partial charge in [0.2, 0.25) is 10.0 Å². The molecule has 27 heavy (non-hydrogen) atoms. The summed E-state index contributed by atoms with van der Waals surface area (Å²) >= 11 is 1.24. The van der Waals surface area contributed by atoms with Gasteiger partial charge in [0.1, 0.15) is 6.04 Å². The molecule has 6 nitrogen and oxygen atoms in total. The summed E-state index contributed by atoms with van der Waals surface area (Å²) in [7, 11) is -4.89. The quantitative estimate of drug-likeness (QED) is 0.262. The van der Waals surface area contributed by atoms with E-state index in [2.05, 4.69) is 0 Å². The van der Waals surface area contributed by atoms with Crippen LogP contribution < -0.4 is 16.0 Å². The maximum Gasteiger partial charge on any atom is 0.416 e. The van der Waals surface area contributed by atoms with E-state index >= 15 is 0 Å². The first-order chi connectivity index (χ1) is 12.2. The van der Waals surface area contributed by atoms with E-state index in [0.717, 1.165) is 0 Å². The fourth-order valence-corrected chi connectivity index (χ4v) is 3.69. The topological polar surface area (TPSA) is 101 Å². The Balaban J connectivity index is 3.41. The van der Waals surface area contributed by atoms with Crippen LogP contribution in [-0.2, 0) is 27.2 Å². The summed E-state index contributed by atoms with van der Waals surface area (Å²) in [6.07, 6.45) is -8.86. The van der Waals surface area contributed by atoms with Gasteiger partial charge >= 0.3 is 12.4 Å². The predicted molar refractivity (Wildman–Crippen MR) is 85.9 cm³/mol. The second kappa shape index (κ2) is 8.67. The zero-order chi connectivity index (χ0) is 21.0. The van der Waals surface area contributed by atoms with Crippen molar-refractivity contribution in [2.45, 2.75) is 29.7 Å². The van der Waals surface area contributed by atoms with Gasteiger partial charge in [0, 0.05) is 0 Å². The summed E-state index contributed by atoms with van der Waals surface area (Å²) in [6, 6.07) is -1.56. The Morgan fingerprint density at radius 1 is 1.11 bits per heavy atom. The van der Waals surface area contributed by atoms with Crippen molar-refractivity contribution in [3.63, 3.8) is 0 Å². The number of benzene rings is 1. The monoisotopic (exact) mass is 439 g/mol. The zero-order valence-corrected chi connectivity index (χ0v) is 15.2. The molecule has 14 heteroatoms. The maximum atomic E-state index is 12.9. The molecule has 0 aliphatic heterocycles. The Morgan fingerprint density at radius 2 is 1.59 bits per heavy atom. The maximum absolute atomic E-state index is 12.9. The molecule has 1 aromatic carbocycles. The molecule has 1 atom stereocenters. The number of hydrazine groups is 1. The second-order valence-corrected chi connectivity index (χ2v) is 7.91. The molecule has 0 bridgehead atoms. The third-order valence-corrected chi connectivity index (χ3v) is 5.33. The third-order valence-electron chi connectivity index (χ3n) is 3.24. The molecule has 1 rings (SSSR count). The number of nitrogens with two attached hydrogens (primary N) is 1. The van der Waals surface area contributed by atoms with Gasteiger partial charge in [0.15, 0.2) is 0 Å². The third kappa shape index (κ3) is 6.55. The molecule has 0 aliphatic rings. The van der Waals surface area contributed by atoms with Gasteiger partial charge in [-0.05, 0) is 36.6 Å². The normalized spacial score (nSPS) is 14.1. The molecule has 0 spiro atoms. The van der Waals surface area contributed by atoms with Gasteiger partial charge in [0.05, 0.1) is 16.0 Å². The molecule has 0 heterocycles. The van der Waals surface area contributed by atoms with E-state index in [9.17, 15) is 39.6 Å². The minimum Gasteiger partial charge on any atom is -0.293 e. The molecule has 154 valence electrons. The minimum atomic E-state index is -5.21. The molecule has 0 saturated heterocycles. The number of carbonyl (C=O) groups excluding carboxylic acids is 1. The number of nitrogens with one attached hydrogen (secondary N) is 2. The number of hydrogen-bond donors (Lipinski definition) is 3. The molecule has 0 aliphatic carbocycles. The molecule has 1 unspecified atom stereocenters. The van der Waals surface area contributed by atoms with Crippen LogP contribution in [0.25, 0.3) is 0 Å². The van der Waals surface area contributed by atoms with Crippen molar-refractivity contribution in [3.8, 4) is 0 Å². The number of carbonyl (C=O) groups is 1. The summed E-state index contributed by atoms with van der Waals surface area (Å²) in [4.78, 5) is 10.4. The summed E-state index contributed by atoms with van der Waals surface area (Å²) in [5.74, 6) is 4.21. The van der Waals surface area contributed by atoms with Gasteiger partial charge in [-0.3, -0.25) is 10.2 Å². The van der Waals surface area contributed by atoms with Crippen molar-refractivity contribution in [3.05, 3.63) is 29.3 Å². The van der Waals surface area contributed by atoms with E-state index < -0.39 is 50.3 Å². The number of halogens is 6. The lowest BCUT2D eigenvalue weighted by atomic mass is 10.1. The van der Waals surface area contributed by atoms with Gasteiger partial charge in [-0.15, -0.1) is 0 Å². The van der Waals surface area contributed by atoms with Crippen molar-refractivity contribution in [2.24, 2.45) is 5.84 Å². The first-order valence-electron chi connectivity index (χ1n) is 7.03. The molecule has 0 radical (unpaired) electrons. The van der Waals surface area contributed by atoms with Crippen LogP contribution in [0.15, 0.2) is 23.1 Å². The van der Waals surface area contributed by atoms with Crippen LogP contribution in [-0.4, -0.2) is 32.4 Å². The Bertz CT molecular complexity index is 748. The average Bonchev–Trinajstić information content (AvgIpc) is 2.55. The molecular weight excluding hydrogens is 424 g/mol. The zero-order valence-electron chi connectivity index (χ0n) is 13.6. The van der Waals surface area contributed by atoms with E-state index in [1.165, 1.54) is 11.8 Å². The van der Waals surface area contributed by atoms with Gasteiger partial charge < -0.3 is 0 Å². The minimum absolute atomic E-state index is 0.0591. The smallest absolute Gasteiger partial charge is 0.293 e. The summed E-state index contributed by atoms with van der Waals surface area (Å²) in [5, 5.41) is 0. The average molecular weight is 439 g/mol. The lowest BCUT2D eigenvalue weighted by Crippen LogP contribution is -2.49. The van der Waals surface area contributed by atoms with Crippen molar-refractivity contribution in [1.29, 1.82) is 0 Å². The van der Waals surface area contributed by atoms with E-state index in [-0.39, 0.29) is 30.4 Å². The fourth-order valence-electron chi connectivity index (χ4n) is 1.92. The highest BCUT2D eigenvalue weighted by molar-refractivity contribution is 7.98. The SMILES string of the molecule is CSCCC(NS(=O)(=O)c1cc(C(F)(F)F)cc(C(F)(F)F)c1)C(=O)NN. The van der Waals surface area contributed by atoms with Crippen LogP contribution in [0.4, 0.5) is 26.3 Å². The lowest BCUT2D eigenvalue weighted by Gasteiger charge is -2.18. The van der Waals surface area contributed by atoms with Gasteiger partial charge in [-0.25, -0.2) is 14.3 Å². The predicted octanol–water partition coefficient (Wildman–Crippen LogP) is 2.11. The van der Waals surface area contributed by atoms with Crippen molar-refractivity contribution >= 4 is 27.7 Å². The summed E-state index contributed by atoms with van der Waals surface area (Å²) in [5.41, 5.74) is -1.90. The summed E-state index contributed by atoms with van der Waals surface area (Å²) in [6.45, 7) is 0. The van der Waals surface area contributed by atoms with E-state index in [1.54, 1.807) is 16.4 Å². The molecule has 0 aromatic heterocycles. The van der Waals surface area contributed by atoms with Crippen molar-refractivity contribution < 1.29 is 39.6 Å². The van der Waals surface area contributed by atoms with Gasteiger partial charge in [-0.1, -0.05) is 0 Å². The molecule has 0 fully saturated rings. The van der Waals surface area contributed by atoms with Crippen LogP contribution in [0.1, 0.15) is 17.5 Å². The number of hydrogen-bond acceptors (Lipinski definition) is 5. The molecular formula is C13H15F6N3O3S2. The first-order valence-corrected chi connectivity index (χ1v) is 9.91. The van der Waals surface area contributed by atoms with Crippen LogP contribution in [0.5, 0.6) is 0 Å². The van der Waals surface area contributed by atoms with Crippen molar-refractivity contribution in [2.75, 3.05) is 12.0 Å². The Kier molecular flexibility index (Phi) is 7.55.